The first-order chi connectivity index (χ1) is 13.6. The van der Waals surface area contributed by atoms with Gasteiger partial charge in [-0.15, -0.1) is 10.2 Å². The fourth-order valence-corrected chi connectivity index (χ4v) is 3.96. The summed E-state index contributed by atoms with van der Waals surface area (Å²) in [6.07, 6.45) is 1.76. The van der Waals surface area contributed by atoms with Crippen molar-refractivity contribution in [2.45, 2.75) is 25.3 Å². The average Bonchev–Trinajstić information content (AvgIpc) is 3.09. The molecule has 28 heavy (non-hydrogen) atoms. The van der Waals surface area contributed by atoms with Gasteiger partial charge in [0, 0.05) is 44.7 Å². The molecule has 4 rings (SSSR count). The zero-order valence-electron chi connectivity index (χ0n) is 16.3. The van der Waals surface area contributed by atoms with Crippen LogP contribution in [0.15, 0.2) is 24.3 Å². The number of benzene rings is 1. The molecule has 1 amide bonds. The maximum atomic E-state index is 12.6. The number of aromatic hydroxyl groups is 1. The highest BCUT2D eigenvalue weighted by atomic mass is 16.5. The van der Waals surface area contributed by atoms with Crippen molar-refractivity contribution in [2.24, 2.45) is 7.05 Å². The van der Waals surface area contributed by atoms with Gasteiger partial charge in [0.15, 0.2) is 0 Å². The lowest BCUT2D eigenvalue weighted by molar-refractivity contribution is 0.0326. The number of carbonyl (C=O) groups is 1. The summed E-state index contributed by atoms with van der Waals surface area (Å²) >= 11 is 0. The minimum atomic E-state index is 0.0180. The fraction of sp³-hybridized carbons (Fsp3) is 0.550. The molecule has 0 aliphatic carbocycles. The van der Waals surface area contributed by atoms with Crippen molar-refractivity contribution in [1.29, 1.82) is 0 Å². The first-order valence-electron chi connectivity index (χ1n) is 9.88. The van der Waals surface area contributed by atoms with Crippen molar-refractivity contribution in [3.63, 3.8) is 0 Å². The second-order valence-electron chi connectivity index (χ2n) is 7.54. The van der Waals surface area contributed by atoms with Gasteiger partial charge in [0.05, 0.1) is 19.8 Å². The zero-order chi connectivity index (χ0) is 19.5. The largest absolute Gasteiger partial charge is 0.508 e. The minimum Gasteiger partial charge on any atom is -0.508 e. The molecule has 2 aliphatic heterocycles. The van der Waals surface area contributed by atoms with Crippen molar-refractivity contribution in [3.05, 3.63) is 41.5 Å². The van der Waals surface area contributed by atoms with Crippen LogP contribution in [0.4, 0.5) is 0 Å². The van der Waals surface area contributed by atoms with Gasteiger partial charge in [-0.3, -0.25) is 9.69 Å². The number of amides is 1. The van der Waals surface area contributed by atoms with E-state index in [1.54, 1.807) is 24.3 Å². The molecule has 1 aromatic carbocycles. The van der Waals surface area contributed by atoms with Crippen molar-refractivity contribution in [1.82, 2.24) is 24.6 Å². The zero-order valence-corrected chi connectivity index (χ0v) is 16.3. The van der Waals surface area contributed by atoms with Crippen LogP contribution in [0.1, 0.15) is 40.8 Å². The molecular weight excluding hydrogens is 358 g/mol. The topological polar surface area (TPSA) is 83.7 Å². The first kappa shape index (κ1) is 18.9. The standard InChI is InChI=1S/C20H27N5O3/c1-23-18(14-24-10-12-28-13-11-24)21-22-19(23)15-6-8-25(9-7-15)20(27)16-2-4-17(26)5-3-16/h2-5,15,26H,6-14H2,1H3. The molecule has 2 fully saturated rings. The summed E-state index contributed by atoms with van der Waals surface area (Å²) < 4.78 is 7.53. The number of carbonyl (C=O) groups excluding carboxylic acids is 1. The summed E-state index contributed by atoms with van der Waals surface area (Å²) in [5.74, 6) is 2.51. The molecule has 0 atom stereocenters. The van der Waals surface area contributed by atoms with Crippen molar-refractivity contribution < 1.29 is 14.6 Å². The van der Waals surface area contributed by atoms with E-state index in [9.17, 15) is 9.90 Å². The van der Waals surface area contributed by atoms with Crippen LogP contribution in [-0.4, -0.2) is 75.0 Å². The molecule has 0 radical (unpaired) electrons. The molecule has 2 aliphatic rings. The molecular formula is C20H27N5O3. The second kappa shape index (κ2) is 8.28. The molecule has 8 nitrogen and oxygen atoms in total. The van der Waals surface area contributed by atoms with Crippen LogP contribution in [-0.2, 0) is 18.3 Å². The lowest BCUT2D eigenvalue weighted by atomic mass is 9.95. The van der Waals surface area contributed by atoms with E-state index in [-0.39, 0.29) is 11.7 Å². The summed E-state index contributed by atoms with van der Waals surface area (Å²) in [4.78, 5) is 16.9. The smallest absolute Gasteiger partial charge is 0.253 e. The van der Waals surface area contributed by atoms with Crippen LogP contribution >= 0.6 is 0 Å². The average molecular weight is 385 g/mol. The number of phenols is 1. The van der Waals surface area contributed by atoms with E-state index >= 15 is 0 Å². The van der Waals surface area contributed by atoms with Gasteiger partial charge in [-0.05, 0) is 37.1 Å². The van der Waals surface area contributed by atoms with Gasteiger partial charge in [0.25, 0.3) is 5.91 Å². The van der Waals surface area contributed by atoms with Gasteiger partial charge in [0.1, 0.15) is 17.4 Å². The maximum Gasteiger partial charge on any atom is 0.253 e. The second-order valence-corrected chi connectivity index (χ2v) is 7.54. The van der Waals surface area contributed by atoms with Crippen molar-refractivity contribution in [2.75, 3.05) is 39.4 Å². The number of phenolic OH excluding ortho intramolecular Hbond substituents is 1. The molecule has 8 heteroatoms. The van der Waals surface area contributed by atoms with Gasteiger partial charge in [0.2, 0.25) is 0 Å². The number of hydrogen-bond donors (Lipinski definition) is 1. The third-order valence-electron chi connectivity index (χ3n) is 5.73. The third-order valence-corrected chi connectivity index (χ3v) is 5.73. The number of aromatic nitrogens is 3. The van der Waals surface area contributed by atoms with Crippen LogP contribution in [0, 0.1) is 0 Å². The Bertz CT molecular complexity index is 806. The molecule has 1 aromatic heterocycles. The Morgan fingerprint density at radius 1 is 1.11 bits per heavy atom. The summed E-state index contributed by atoms with van der Waals surface area (Å²) in [5.41, 5.74) is 0.614. The highest BCUT2D eigenvalue weighted by molar-refractivity contribution is 5.94. The molecule has 0 bridgehead atoms. The lowest BCUT2D eigenvalue weighted by Crippen LogP contribution is -2.38. The Morgan fingerprint density at radius 3 is 2.46 bits per heavy atom. The summed E-state index contributed by atoms with van der Waals surface area (Å²) in [5, 5.41) is 18.3. The predicted molar refractivity (Wildman–Crippen MR) is 103 cm³/mol. The SMILES string of the molecule is Cn1c(CN2CCOCC2)nnc1C1CCN(C(=O)c2ccc(O)cc2)CC1. The van der Waals surface area contributed by atoms with Gasteiger partial charge in [-0.2, -0.15) is 0 Å². The number of hydrogen-bond acceptors (Lipinski definition) is 6. The van der Waals surface area contributed by atoms with E-state index < -0.39 is 0 Å². The van der Waals surface area contributed by atoms with E-state index in [0.29, 0.717) is 24.6 Å². The highest BCUT2D eigenvalue weighted by Gasteiger charge is 2.28. The Hall–Kier alpha value is -2.45. The van der Waals surface area contributed by atoms with Gasteiger partial charge in [-0.1, -0.05) is 0 Å². The molecule has 0 unspecified atom stereocenters. The normalized spacial score (nSPS) is 19.1. The molecule has 150 valence electrons. The molecule has 1 N–H and O–H groups in total. The van der Waals surface area contributed by atoms with Crippen molar-refractivity contribution in [3.8, 4) is 5.75 Å². The van der Waals surface area contributed by atoms with Crippen molar-refractivity contribution >= 4 is 5.91 Å². The quantitative estimate of drug-likeness (QED) is 0.856. The summed E-state index contributed by atoms with van der Waals surface area (Å²) in [6.45, 7) is 5.62. The number of nitrogens with zero attached hydrogens (tertiary/aromatic N) is 5. The fourth-order valence-electron chi connectivity index (χ4n) is 3.96. The van der Waals surface area contributed by atoms with Crippen LogP contribution in [0.3, 0.4) is 0 Å². The maximum absolute atomic E-state index is 12.6. The predicted octanol–water partition coefficient (Wildman–Crippen LogP) is 1.37. The van der Waals surface area contributed by atoms with E-state index in [1.807, 2.05) is 11.9 Å². The van der Waals surface area contributed by atoms with Crippen LogP contribution in [0.5, 0.6) is 5.75 Å². The van der Waals surface area contributed by atoms with E-state index in [0.717, 1.165) is 57.3 Å². The van der Waals surface area contributed by atoms with Gasteiger partial charge in [-0.25, -0.2) is 0 Å². The monoisotopic (exact) mass is 385 g/mol. The molecule has 2 saturated heterocycles. The van der Waals surface area contributed by atoms with E-state index in [2.05, 4.69) is 19.7 Å². The number of piperidine rings is 1. The van der Waals surface area contributed by atoms with Gasteiger partial charge >= 0.3 is 0 Å². The number of rotatable bonds is 4. The first-order valence-corrected chi connectivity index (χ1v) is 9.88. The number of ether oxygens (including phenoxy) is 1. The molecule has 2 aromatic rings. The third kappa shape index (κ3) is 4.02. The van der Waals surface area contributed by atoms with Crippen LogP contribution in [0.2, 0.25) is 0 Å². The Kier molecular flexibility index (Phi) is 5.59. The molecule has 3 heterocycles. The summed E-state index contributed by atoms with van der Waals surface area (Å²) in [6, 6.07) is 6.44. The van der Waals surface area contributed by atoms with Crippen LogP contribution in [0.25, 0.3) is 0 Å². The van der Waals surface area contributed by atoms with Crippen LogP contribution < -0.4 is 0 Å². The van der Waals surface area contributed by atoms with E-state index in [1.165, 1.54) is 0 Å². The Morgan fingerprint density at radius 2 is 1.79 bits per heavy atom. The lowest BCUT2D eigenvalue weighted by Gasteiger charge is -2.31. The number of morpholine rings is 1. The molecule has 0 saturated carbocycles. The Labute approximate surface area is 164 Å². The molecule has 0 spiro atoms. The van der Waals surface area contributed by atoms with Gasteiger partial charge < -0.3 is 19.3 Å². The summed E-state index contributed by atoms with van der Waals surface area (Å²) in [7, 11) is 2.04. The van der Waals surface area contributed by atoms with E-state index in [4.69, 9.17) is 4.74 Å². The minimum absolute atomic E-state index is 0.0180. The highest BCUT2D eigenvalue weighted by Crippen LogP contribution is 2.28. The number of likely N-dealkylation sites (tertiary alicyclic amines) is 1. The Balaban J connectivity index is 1.36.